The predicted molar refractivity (Wildman–Crippen MR) is 109 cm³/mol. The van der Waals surface area contributed by atoms with E-state index in [1.165, 1.54) is 16.9 Å². The van der Waals surface area contributed by atoms with Crippen molar-refractivity contribution >= 4 is 23.2 Å². The van der Waals surface area contributed by atoms with E-state index in [2.05, 4.69) is 22.4 Å². The molecule has 3 aromatic rings. The first-order valence-electron chi connectivity index (χ1n) is 9.40. The molecule has 0 fully saturated rings. The summed E-state index contributed by atoms with van der Waals surface area (Å²) in [5.41, 5.74) is 2.04. The second kappa shape index (κ2) is 9.47. The van der Waals surface area contributed by atoms with Gasteiger partial charge < -0.3 is 14.6 Å². The molecule has 2 aromatic heterocycles. The predicted octanol–water partition coefficient (Wildman–Crippen LogP) is 3.86. The average Bonchev–Trinajstić information content (AvgIpc) is 3.42. The molecule has 3 rings (SSSR count). The molecule has 2 heterocycles. The SMILES string of the molecule is CCc1ccc(-c2noc(COC(=O)[C@@H](NC(=O)c3cccs3)C(C)C)n2)cc1. The lowest BCUT2D eigenvalue weighted by molar-refractivity contribution is -0.149. The number of ether oxygens (including phenoxy) is 1. The number of rotatable bonds is 8. The number of amides is 1. The fourth-order valence-electron chi connectivity index (χ4n) is 2.66. The van der Waals surface area contributed by atoms with Crippen molar-refractivity contribution in [2.75, 3.05) is 0 Å². The molecule has 1 N–H and O–H groups in total. The number of benzene rings is 1. The zero-order chi connectivity index (χ0) is 20.8. The Labute approximate surface area is 173 Å². The number of hydrogen-bond donors (Lipinski definition) is 1. The quantitative estimate of drug-likeness (QED) is 0.564. The summed E-state index contributed by atoms with van der Waals surface area (Å²) in [6.07, 6.45) is 0.952. The van der Waals surface area contributed by atoms with Crippen LogP contribution in [0.1, 0.15) is 41.9 Å². The van der Waals surface area contributed by atoms with E-state index in [0.717, 1.165) is 12.0 Å². The highest BCUT2D eigenvalue weighted by molar-refractivity contribution is 7.12. The summed E-state index contributed by atoms with van der Waals surface area (Å²) in [5.74, 6) is -0.352. The molecule has 0 aliphatic heterocycles. The third-order valence-corrected chi connectivity index (χ3v) is 5.25. The number of aryl methyl sites for hydroxylation is 1. The molecule has 0 aliphatic rings. The van der Waals surface area contributed by atoms with Crippen LogP contribution in [-0.4, -0.2) is 28.1 Å². The van der Waals surface area contributed by atoms with Gasteiger partial charge in [0.15, 0.2) is 6.61 Å². The fraction of sp³-hybridized carbons (Fsp3) is 0.333. The average molecular weight is 413 g/mol. The Morgan fingerprint density at radius 2 is 1.97 bits per heavy atom. The van der Waals surface area contributed by atoms with Gasteiger partial charge in [-0.3, -0.25) is 4.79 Å². The van der Waals surface area contributed by atoms with Gasteiger partial charge in [0.25, 0.3) is 11.8 Å². The first kappa shape index (κ1) is 20.7. The summed E-state index contributed by atoms with van der Waals surface area (Å²) in [6.45, 7) is 5.61. The minimum Gasteiger partial charge on any atom is -0.454 e. The molecule has 0 radical (unpaired) electrons. The molecule has 8 heteroatoms. The molecule has 0 unspecified atom stereocenters. The van der Waals surface area contributed by atoms with Crippen molar-refractivity contribution in [3.63, 3.8) is 0 Å². The molecule has 1 atom stereocenters. The Bertz CT molecular complexity index is 949. The van der Waals surface area contributed by atoms with E-state index in [9.17, 15) is 9.59 Å². The summed E-state index contributed by atoms with van der Waals surface area (Å²) >= 11 is 1.31. The van der Waals surface area contributed by atoms with Crippen molar-refractivity contribution in [1.82, 2.24) is 15.5 Å². The molecule has 0 bridgehead atoms. The molecule has 0 spiro atoms. The maximum absolute atomic E-state index is 12.5. The van der Waals surface area contributed by atoms with Gasteiger partial charge in [-0.05, 0) is 29.3 Å². The Balaban J connectivity index is 1.59. The van der Waals surface area contributed by atoms with Crippen molar-refractivity contribution in [1.29, 1.82) is 0 Å². The minimum atomic E-state index is -0.770. The molecule has 0 saturated carbocycles. The van der Waals surface area contributed by atoms with Crippen molar-refractivity contribution in [3.8, 4) is 11.4 Å². The second-order valence-electron chi connectivity index (χ2n) is 6.84. The van der Waals surface area contributed by atoms with Gasteiger partial charge in [-0.25, -0.2) is 4.79 Å². The third-order valence-electron chi connectivity index (χ3n) is 4.38. The van der Waals surface area contributed by atoms with Gasteiger partial charge in [0, 0.05) is 5.56 Å². The molecular weight excluding hydrogens is 390 g/mol. The Morgan fingerprint density at radius 1 is 1.21 bits per heavy atom. The lowest BCUT2D eigenvalue weighted by Gasteiger charge is -2.20. The standard InChI is InChI=1S/C21H23N3O4S/c1-4-14-7-9-15(10-8-14)19-22-17(28-24-19)12-27-21(26)18(13(2)3)23-20(25)16-6-5-11-29-16/h5-11,13,18H,4,12H2,1-3H3,(H,23,25)/t18-/m0/s1. The fourth-order valence-corrected chi connectivity index (χ4v) is 3.29. The number of carbonyl (C=O) groups excluding carboxylic acids is 2. The second-order valence-corrected chi connectivity index (χ2v) is 7.79. The largest absolute Gasteiger partial charge is 0.454 e. The normalized spacial score (nSPS) is 12.0. The highest BCUT2D eigenvalue weighted by atomic mass is 32.1. The number of thiophene rings is 1. The molecule has 7 nitrogen and oxygen atoms in total. The van der Waals surface area contributed by atoms with Crippen LogP contribution in [0.25, 0.3) is 11.4 Å². The van der Waals surface area contributed by atoms with Crippen LogP contribution in [0, 0.1) is 5.92 Å². The maximum Gasteiger partial charge on any atom is 0.329 e. The Kier molecular flexibility index (Phi) is 6.77. The molecule has 152 valence electrons. The Hall–Kier alpha value is -3.00. The van der Waals surface area contributed by atoms with Crippen LogP contribution in [0.2, 0.25) is 0 Å². The summed E-state index contributed by atoms with van der Waals surface area (Å²) in [5, 5.41) is 8.47. The number of nitrogens with zero attached hydrogens (tertiary/aromatic N) is 2. The van der Waals surface area contributed by atoms with Gasteiger partial charge in [-0.1, -0.05) is 56.3 Å². The van der Waals surface area contributed by atoms with E-state index >= 15 is 0 Å². The lowest BCUT2D eigenvalue weighted by atomic mass is 10.0. The van der Waals surface area contributed by atoms with E-state index in [0.29, 0.717) is 10.7 Å². The van der Waals surface area contributed by atoms with Gasteiger partial charge in [0.1, 0.15) is 6.04 Å². The van der Waals surface area contributed by atoms with E-state index in [1.54, 1.807) is 17.5 Å². The van der Waals surface area contributed by atoms with Crippen LogP contribution < -0.4 is 5.32 Å². The van der Waals surface area contributed by atoms with Crippen LogP contribution >= 0.6 is 11.3 Å². The van der Waals surface area contributed by atoms with Crippen LogP contribution in [0.15, 0.2) is 46.3 Å². The highest BCUT2D eigenvalue weighted by Gasteiger charge is 2.27. The monoisotopic (exact) mass is 413 g/mol. The first-order chi connectivity index (χ1) is 14.0. The number of hydrogen-bond acceptors (Lipinski definition) is 7. The maximum atomic E-state index is 12.5. The number of carbonyl (C=O) groups is 2. The minimum absolute atomic E-state index is 0.137. The number of esters is 1. The topological polar surface area (TPSA) is 94.3 Å². The zero-order valence-corrected chi connectivity index (χ0v) is 17.4. The zero-order valence-electron chi connectivity index (χ0n) is 16.5. The van der Waals surface area contributed by atoms with Gasteiger partial charge in [-0.2, -0.15) is 4.98 Å². The first-order valence-corrected chi connectivity index (χ1v) is 10.3. The van der Waals surface area contributed by atoms with E-state index in [4.69, 9.17) is 9.26 Å². The summed E-state index contributed by atoms with van der Waals surface area (Å²) in [4.78, 5) is 29.6. The van der Waals surface area contributed by atoms with Crippen molar-refractivity contribution in [2.24, 2.45) is 5.92 Å². The number of aromatic nitrogens is 2. The van der Waals surface area contributed by atoms with Crippen molar-refractivity contribution in [2.45, 2.75) is 39.8 Å². The molecule has 0 saturated heterocycles. The van der Waals surface area contributed by atoms with Crippen LogP contribution in [0.3, 0.4) is 0 Å². The van der Waals surface area contributed by atoms with Gasteiger partial charge in [-0.15, -0.1) is 11.3 Å². The van der Waals surface area contributed by atoms with Gasteiger partial charge in [0.2, 0.25) is 5.82 Å². The number of nitrogens with one attached hydrogen (secondary N) is 1. The van der Waals surface area contributed by atoms with E-state index in [-0.39, 0.29) is 24.3 Å². The smallest absolute Gasteiger partial charge is 0.329 e. The molecule has 0 aliphatic carbocycles. The Morgan fingerprint density at radius 3 is 2.59 bits per heavy atom. The van der Waals surface area contributed by atoms with Gasteiger partial charge >= 0.3 is 5.97 Å². The van der Waals surface area contributed by atoms with Crippen molar-refractivity contribution < 1.29 is 18.8 Å². The van der Waals surface area contributed by atoms with Crippen LogP contribution in [0.4, 0.5) is 0 Å². The van der Waals surface area contributed by atoms with Gasteiger partial charge in [0.05, 0.1) is 4.88 Å². The van der Waals surface area contributed by atoms with E-state index in [1.807, 2.05) is 38.1 Å². The lowest BCUT2D eigenvalue weighted by Crippen LogP contribution is -2.45. The van der Waals surface area contributed by atoms with Crippen LogP contribution in [-0.2, 0) is 22.6 Å². The molecular formula is C21H23N3O4S. The molecule has 1 amide bonds. The van der Waals surface area contributed by atoms with Crippen molar-refractivity contribution in [3.05, 3.63) is 58.1 Å². The highest BCUT2D eigenvalue weighted by Crippen LogP contribution is 2.17. The molecule has 29 heavy (non-hydrogen) atoms. The molecule has 1 aromatic carbocycles. The summed E-state index contributed by atoms with van der Waals surface area (Å²) in [7, 11) is 0. The summed E-state index contributed by atoms with van der Waals surface area (Å²) in [6, 6.07) is 10.6. The third kappa shape index (κ3) is 5.29. The van der Waals surface area contributed by atoms with Crippen LogP contribution in [0.5, 0.6) is 0 Å². The summed E-state index contributed by atoms with van der Waals surface area (Å²) < 4.78 is 10.5. The van der Waals surface area contributed by atoms with E-state index < -0.39 is 12.0 Å².